The average molecular weight is 248 g/mol. The fraction of sp³-hybridized carbons (Fsp3) is 0.500. The summed E-state index contributed by atoms with van der Waals surface area (Å²) >= 11 is 0. The van der Waals surface area contributed by atoms with Crippen LogP contribution in [-0.4, -0.2) is 38.8 Å². The Morgan fingerprint density at radius 3 is 2.83 bits per heavy atom. The molecule has 2 heterocycles. The summed E-state index contributed by atoms with van der Waals surface area (Å²) in [5.74, 6) is -0.168. The van der Waals surface area contributed by atoms with E-state index >= 15 is 0 Å². The Hall–Kier alpha value is -1.98. The molecule has 2 amide bonds. The number of nitrogens with one attached hydrogen (secondary N) is 1. The molecular formula is C12H16N4O2. The minimum absolute atomic E-state index is 0.0694. The number of carbonyl (C=O) groups excluding carboxylic acids is 2. The minimum Gasteiger partial charge on any atom is -0.343 e. The molecule has 1 aliphatic rings. The van der Waals surface area contributed by atoms with Crippen LogP contribution in [0.15, 0.2) is 18.6 Å². The third-order valence-electron chi connectivity index (χ3n) is 3.05. The fourth-order valence-corrected chi connectivity index (χ4v) is 2.10. The molecule has 0 bridgehead atoms. The van der Waals surface area contributed by atoms with Crippen molar-refractivity contribution in [2.75, 3.05) is 0 Å². The second-order valence-electron chi connectivity index (χ2n) is 4.32. The Bertz CT molecular complexity index is 449. The summed E-state index contributed by atoms with van der Waals surface area (Å²) in [6, 6.07) is 0.864. The molecule has 1 fully saturated rings. The van der Waals surface area contributed by atoms with Crippen molar-refractivity contribution in [3.63, 3.8) is 0 Å². The van der Waals surface area contributed by atoms with Gasteiger partial charge >= 0.3 is 0 Å². The van der Waals surface area contributed by atoms with E-state index in [9.17, 15) is 9.59 Å². The first kappa shape index (κ1) is 12.5. The molecule has 2 unspecified atom stereocenters. The molecular weight excluding hydrogens is 232 g/mol. The van der Waals surface area contributed by atoms with Crippen molar-refractivity contribution in [3.8, 4) is 0 Å². The van der Waals surface area contributed by atoms with E-state index in [4.69, 9.17) is 0 Å². The Balaban J connectivity index is 2.21. The Labute approximate surface area is 105 Å². The SMILES string of the molecule is CCC1C(=O)NC(C)C(=O)N1Cc1ccncn1. The largest absolute Gasteiger partial charge is 0.343 e. The zero-order chi connectivity index (χ0) is 13.1. The van der Waals surface area contributed by atoms with E-state index in [-0.39, 0.29) is 11.8 Å². The maximum Gasteiger partial charge on any atom is 0.245 e. The highest BCUT2D eigenvalue weighted by Crippen LogP contribution is 2.15. The molecule has 0 aromatic carbocycles. The van der Waals surface area contributed by atoms with Crippen LogP contribution in [-0.2, 0) is 16.1 Å². The van der Waals surface area contributed by atoms with Gasteiger partial charge in [-0.15, -0.1) is 0 Å². The van der Waals surface area contributed by atoms with Crippen LogP contribution in [0.2, 0.25) is 0 Å². The molecule has 1 aliphatic heterocycles. The van der Waals surface area contributed by atoms with Crippen molar-refractivity contribution < 1.29 is 9.59 Å². The summed E-state index contributed by atoms with van der Waals surface area (Å²) in [6.07, 6.45) is 3.66. The van der Waals surface area contributed by atoms with E-state index in [1.807, 2.05) is 6.92 Å². The molecule has 6 nitrogen and oxygen atoms in total. The first-order chi connectivity index (χ1) is 8.63. The second-order valence-corrected chi connectivity index (χ2v) is 4.32. The van der Waals surface area contributed by atoms with Crippen LogP contribution in [0.25, 0.3) is 0 Å². The zero-order valence-corrected chi connectivity index (χ0v) is 10.5. The number of nitrogens with zero attached hydrogens (tertiary/aromatic N) is 3. The number of hydrogen-bond donors (Lipinski definition) is 1. The van der Waals surface area contributed by atoms with Crippen molar-refractivity contribution in [2.45, 2.75) is 38.9 Å². The second kappa shape index (κ2) is 5.12. The highest BCUT2D eigenvalue weighted by atomic mass is 16.2. The van der Waals surface area contributed by atoms with Crippen LogP contribution in [0.4, 0.5) is 0 Å². The lowest BCUT2D eigenvalue weighted by Gasteiger charge is -2.37. The fourth-order valence-electron chi connectivity index (χ4n) is 2.10. The summed E-state index contributed by atoms with van der Waals surface area (Å²) in [6.45, 7) is 3.93. The van der Waals surface area contributed by atoms with Gasteiger partial charge in [0.05, 0.1) is 12.2 Å². The molecule has 1 N–H and O–H groups in total. The topological polar surface area (TPSA) is 75.2 Å². The summed E-state index contributed by atoms with van der Waals surface area (Å²) < 4.78 is 0. The quantitative estimate of drug-likeness (QED) is 0.823. The van der Waals surface area contributed by atoms with E-state index in [1.54, 1.807) is 24.1 Å². The van der Waals surface area contributed by atoms with Crippen molar-refractivity contribution in [1.29, 1.82) is 0 Å². The van der Waals surface area contributed by atoms with Gasteiger partial charge in [0.2, 0.25) is 11.8 Å². The number of carbonyl (C=O) groups is 2. The van der Waals surface area contributed by atoms with E-state index < -0.39 is 12.1 Å². The third-order valence-corrected chi connectivity index (χ3v) is 3.05. The molecule has 18 heavy (non-hydrogen) atoms. The average Bonchev–Trinajstić information content (AvgIpc) is 2.37. The summed E-state index contributed by atoms with van der Waals surface area (Å²) in [7, 11) is 0. The van der Waals surface area contributed by atoms with Crippen molar-refractivity contribution in [3.05, 3.63) is 24.3 Å². The van der Waals surface area contributed by atoms with Gasteiger partial charge in [-0.25, -0.2) is 9.97 Å². The number of rotatable bonds is 3. The molecule has 1 saturated heterocycles. The predicted octanol–water partition coefficient (Wildman–Crippen LogP) is 0.102. The lowest BCUT2D eigenvalue weighted by molar-refractivity contribution is -0.149. The summed E-state index contributed by atoms with van der Waals surface area (Å²) in [4.78, 5) is 33.5. The first-order valence-corrected chi connectivity index (χ1v) is 5.99. The van der Waals surface area contributed by atoms with E-state index in [0.29, 0.717) is 13.0 Å². The van der Waals surface area contributed by atoms with E-state index in [0.717, 1.165) is 5.69 Å². The monoisotopic (exact) mass is 248 g/mol. The van der Waals surface area contributed by atoms with Gasteiger partial charge in [-0.05, 0) is 19.4 Å². The van der Waals surface area contributed by atoms with Gasteiger partial charge in [0, 0.05) is 6.20 Å². The molecule has 1 aromatic rings. The molecule has 0 aliphatic carbocycles. The van der Waals surface area contributed by atoms with Gasteiger partial charge in [0.1, 0.15) is 18.4 Å². The third kappa shape index (κ3) is 2.32. The molecule has 2 rings (SSSR count). The lowest BCUT2D eigenvalue weighted by atomic mass is 10.1. The van der Waals surface area contributed by atoms with Crippen molar-refractivity contribution in [2.24, 2.45) is 0 Å². The van der Waals surface area contributed by atoms with Gasteiger partial charge in [-0.2, -0.15) is 0 Å². The Morgan fingerprint density at radius 1 is 1.44 bits per heavy atom. The van der Waals surface area contributed by atoms with Crippen LogP contribution in [0.1, 0.15) is 26.0 Å². The van der Waals surface area contributed by atoms with Gasteiger partial charge in [0.15, 0.2) is 0 Å². The minimum atomic E-state index is -0.470. The molecule has 0 radical (unpaired) electrons. The van der Waals surface area contributed by atoms with Crippen LogP contribution in [0.3, 0.4) is 0 Å². The van der Waals surface area contributed by atoms with Crippen molar-refractivity contribution in [1.82, 2.24) is 20.2 Å². The predicted molar refractivity (Wildman–Crippen MR) is 64.3 cm³/mol. The summed E-state index contributed by atoms with van der Waals surface area (Å²) in [5.41, 5.74) is 0.735. The smallest absolute Gasteiger partial charge is 0.245 e. The van der Waals surface area contributed by atoms with E-state index in [1.165, 1.54) is 6.33 Å². The number of hydrogen-bond acceptors (Lipinski definition) is 4. The Kier molecular flexibility index (Phi) is 3.55. The van der Waals surface area contributed by atoms with Crippen LogP contribution in [0.5, 0.6) is 0 Å². The number of amides is 2. The van der Waals surface area contributed by atoms with Gasteiger partial charge < -0.3 is 10.2 Å². The molecule has 96 valence electrons. The number of piperazine rings is 1. The molecule has 1 aromatic heterocycles. The van der Waals surface area contributed by atoms with Gasteiger partial charge in [-0.3, -0.25) is 9.59 Å². The standard InChI is InChI=1S/C12H16N4O2/c1-3-10-11(17)15-8(2)12(18)16(10)6-9-4-5-13-7-14-9/h4-5,7-8,10H,3,6H2,1-2H3,(H,15,17). The molecule has 0 spiro atoms. The first-order valence-electron chi connectivity index (χ1n) is 5.99. The van der Waals surface area contributed by atoms with E-state index in [2.05, 4.69) is 15.3 Å². The lowest BCUT2D eigenvalue weighted by Crippen LogP contribution is -2.61. The zero-order valence-electron chi connectivity index (χ0n) is 10.5. The number of aromatic nitrogens is 2. The van der Waals surface area contributed by atoms with Crippen LogP contribution >= 0.6 is 0 Å². The van der Waals surface area contributed by atoms with Crippen LogP contribution < -0.4 is 5.32 Å². The molecule has 6 heteroatoms. The molecule has 2 atom stereocenters. The van der Waals surface area contributed by atoms with Gasteiger partial charge in [-0.1, -0.05) is 6.92 Å². The Morgan fingerprint density at radius 2 is 2.22 bits per heavy atom. The van der Waals surface area contributed by atoms with Crippen molar-refractivity contribution >= 4 is 11.8 Å². The van der Waals surface area contributed by atoms with Crippen LogP contribution in [0, 0.1) is 0 Å². The maximum atomic E-state index is 12.1. The summed E-state index contributed by atoms with van der Waals surface area (Å²) in [5, 5.41) is 2.68. The highest BCUT2D eigenvalue weighted by molar-refractivity contribution is 5.96. The molecule has 0 saturated carbocycles. The van der Waals surface area contributed by atoms with Gasteiger partial charge in [0.25, 0.3) is 0 Å². The highest BCUT2D eigenvalue weighted by Gasteiger charge is 2.37. The normalized spacial score (nSPS) is 24.0. The maximum absolute atomic E-state index is 12.1.